The van der Waals surface area contributed by atoms with Crippen molar-refractivity contribution in [1.29, 1.82) is 0 Å². The van der Waals surface area contributed by atoms with Crippen LogP contribution in [0.3, 0.4) is 0 Å². The first-order valence-corrected chi connectivity index (χ1v) is 10.4. The molecule has 1 atom stereocenters. The van der Waals surface area contributed by atoms with Crippen LogP contribution >= 0.6 is 34.9 Å². The van der Waals surface area contributed by atoms with E-state index in [1.165, 1.54) is 60.5 Å². The van der Waals surface area contributed by atoms with Crippen LogP contribution in [0.2, 0.25) is 0 Å². The number of primary amides is 1. The monoisotopic (exact) mass is 374 g/mol. The standard InChI is InChI=1S/C14H22N4O2S3/c1-9(12(20)16-10-6-4-2-3-5-7-10)22-14-18-17-13(23-14)21-8-11(15)19/h9-10H,2-8H2,1H3,(H2,15,19)(H,16,20)/t9-/m0/s1. The van der Waals surface area contributed by atoms with Crippen molar-refractivity contribution in [1.82, 2.24) is 15.5 Å². The largest absolute Gasteiger partial charge is 0.369 e. The van der Waals surface area contributed by atoms with E-state index in [0.717, 1.165) is 17.2 Å². The van der Waals surface area contributed by atoms with Gasteiger partial charge in [-0.1, -0.05) is 60.5 Å². The fourth-order valence-electron chi connectivity index (χ4n) is 2.38. The molecule has 0 spiro atoms. The minimum Gasteiger partial charge on any atom is -0.369 e. The summed E-state index contributed by atoms with van der Waals surface area (Å²) in [4.78, 5) is 23.1. The molecule has 128 valence electrons. The van der Waals surface area contributed by atoms with Gasteiger partial charge in [-0.05, 0) is 19.8 Å². The predicted octanol–water partition coefficient (Wildman–Crippen LogP) is 2.44. The summed E-state index contributed by atoms with van der Waals surface area (Å²) in [5.74, 6) is -0.129. The highest BCUT2D eigenvalue weighted by atomic mass is 32.2. The minimum atomic E-state index is -0.379. The Morgan fingerprint density at radius 3 is 2.57 bits per heavy atom. The molecule has 0 aromatic carbocycles. The van der Waals surface area contributed by atoms with Crippen LogP contribution in [0.25, 0.3) is 0 Å². The summed E-state index contributed by atoms with van der Waals surface area (Å²) in [6, 6.07) is 0.309. The van der Waals surface area contributed by atoms with Crippen LogP contribution in [-0.4, -0.2) is 39.1 Å². The van der Waals surface area contributed by atoms with Gasteiger partial charge in [0.1, 0.15) is 0 Å². The van der Waals surface area contributed by atoms with Gasteiger partial charge in [-0.25, -0.2) is 0 Å². The molecule has 0 saturated heterocycles. The smallest absolute Gasteiger partial charge is 0.233 e. The molecule has 23 heavy (non-hydrogen) atoms. The number of carbonyl (C=O) groups is 2. The second-order valence-corrected chi connectivity index (χ2v) is 9.33. The zero-order valence-corrected chi connectivity index (χ0v) is 15.6. The number of thioether (sulfide) groups is 2. The highest BCUT2D eigenvalue weighted by Crippen LogP contribution is 2.31. The van der Waals surface area contributed by atoms with E-state index in [1.807, 2.05) is 6.92 Å². The lowest BCUT2D eigenvalue weighted by Crippen LogP contribution is -2.39. The molecule has 1 saturated carbocycles. The van der Waals surface area contributed by atoms with E-state index < -0.39 is 0 Å². The molecule has 9 heteroatoms. The van der Waals surface area contributed by atoms with Gasteiger partial charge < -0.3 is 11.1 Å². The van der Waals surface area contributed by atoms with Gasteiger partial charge in [-0.15, -0.1) is 10.2 Å². The van der Waals surface area contributed by atoms with Crippen LogP contribution < -0.4 is 11.1 Å². The van der Waals surface area contributed by atoms with Crippen LogP contribution in [-0.2, 0) is 9.59 Å². The fourth-order valence-corrected chi connectivity index (χ4v) is 5.30. The van der Waals surface area contributed by atoms with E-state index in [9.17, 15) is 9.59 Å². The van der Waals surface area contributed by atoms with Gasteiger partial charge in [0.05, 0.1) is 11.0 Å². The molecule has 0 radical (unpaired) electrons. The van der Waals surface area contributed by atoms with Gasteiger partial charge in [0.15, 0.2) is 8.68 Å². The number of hydrogen-bond acceptors (Lipinski definition) is 7. The third-order valence-electron chi connectivity index (χ3n) is 3.57. The van der Waals surface area contributed by atoms with Gasteiger partial charge in [0.25, 0.3) is 0 Å². The first-order valence-electron chi connectivity index (χ1n) is 7.76. The molecule has 3 N–H and O–H groups in total. The zero-order chi connectivity index (χ0) is 16.7. The van der Waals surface area contributed by atoms with Crippen LogP contribution in [0.4, 0.5) is 0 Å². The molecular formula is C14H22N4O2S3. The van der Waals surface area contributed by atoms with Crippen molar-refractivity contribution in [2.75, 3.05) is 5.75 Å². The molecule has 1 heterocycles. The van der Waals surface area contributed by atoms with E-state index in [0.29, 0.717) is 10.4 Å². The van der Waals surface area contributed by atoms with Crippen LogP contribution in [0.5, 0.6) is 0 Å². The summed E-state index contributed by atoms with van der Waals surface area (Å²) in [6.07, 6.45) is 7.10. The van der Waals surface area contributed by atoms with Crippen molar-refractivity contribution in [3.63, 3.8) is 0 Å². The minimum absolute atomic E-state index is 0.0587. The molecule has 6 nitrogen and oxygen atoms in total. The average molecular weight is 375 g/mol. The lowest BCUT2D eigenvalue weighted by atomic mass is 10.1. The van der Waals surface area contributed by atoms with Crippen LogP contribution in [0.15, 0.2) is 8.68 Å². The number of nitrogens with two attached hydrogens (primary N) is 1. The van der Waals surface area contributed by atoms with Crippen LogP contribution in [0.1, 0.15) is 45.4 Å². The summed E-state index contributed by atoms with van der Waals surface area (Å²) in [5, 5.41) is 11.0. The molecule has 0 bridgehead atoms. The Morgan fingerprint density at radius 1 is 1.26 bits per heavy atom. The number of carbonyl (C=O) groups excluding carboxylic acids is 2. The maximum Gasteiger partial charge on any atom is 0.233 e. The molecule has 1 aromatic rings. The van der Waals surface area contributed by atoms with E-state index >= 15 is 0 Å². The maximum absolute atomic E-state index is 12.3. The van der Waals surface area contributed by atoms with E-state index in [1.54, 1.807) is 0 Å². The summed E-state index contributed by atoms with van der Waals surface area (Å²) >= 11 is 4.06. The molecule has 1 fully saturated rings. The first kappa shape index (κ1) is 18.5. The van der Waals surface area contributed by atoms with Crippen molar-refractivity contribution < 1.29 is 9.59 Å². The third-order valence-corrected chi connectivity index (χ3v) is 6.84. The molecule has 1 aromatic heterocycles. The van der Waals surface area contributed by atoms with Crippen molar-refractivity contribution in [2.24, 2.45) is 5.73 Å². The Labute approximate surface area is 148 Å². The number of aromatic nitrogens is 2. The van der Waals surface area contributed by atoms with E-state index in [4.69, 9.17) is 5.73 Å². The van der Waals surface area contributed by atoms with Crippen molar-refractivity contribution >= 4 is 46.7 Å². The van der Waals surface area contributed by atoms with Gasteiger partial charge >= 0.3 is 0 Å². The summed E-state index contributed by atoms with van der Waals surface area (Å²) < 4.78 is 1.43. The zero-order valence-electron chi connectivity index (χ0n) is 13.1. The Bertz CT molecular complexity index is 530. The Balaban J connectivity index is 1.79. The van der Waals surface area contributed by atoms with Crippen molar-refractivity contribution in [2.45, 2.75) is 65.4 Å². The topological polar surface area (TPSA) is 98.0 Å². The van der Waals surface area contributed by atoms with Crippen molar-refractivity contribution in [3.05, 3.63) is 0 Å². The van der Waals surface area contributed by atoms with Gasteiger partial charge in [-0.3, -0.25) is 9.59 Å². The summed E-state index contributed by atoms with van der Waals surface area (Å²) in [6.45, 7) is 1.88. The predicted molar refractivity (Wildman–Crippen MR) is 94.8 cm³/mol. The second-order valence-electron chi connectivity index (χ2n) is 5.55. The van der Waals surface area contributed by atoms with Gasteiger partial charge in [0, 0.05) is 6.04 Å². The molecule has 1 aliphatic carbocycles. The van der Waals surface area contributed by atoms with Gasteiger partial charge in [-0.2, -0.15) is 0 Å². The number of rotatable bonds is 7. The van der Waals surface area contributed by atoms with E-state index in [-0.39, 0.29) is 22.8 Å². The second kappa shape index (κ2) is 9.48. The highest BCUT2D eigenvalue weighted by molar-refractivity contribution is 8.04. The highest BCUT2D eigenvalue weighted by Gasteiger charge is 2.21. The molecule has 0 unspecified atom stereocenters. The molecule has 2 rings (SSSR count). The van der Waals surface area contributed by atoms with Crippen LogP contribution in [0, 0.1) is 0 Å². The normalized spacial score (nSPS) is 17.4. The Hall–Kier alpha value is -0.800. The fraction of sp³-hybridized carbons (Fsp3) is 0.714. The Kier molecular flexibility index (Phi) is 7.64. The lowest BCUT2D eigenvalue weighted by Gasteiger charge is -2.18. The SMILES string of the molecule is C[C@H](Sc1nnc(SCC(N)=O)s1)C(=O)NC1CCCCCC1. The average Bonchev–Trinajstić information content (AvgIpc) is 2.79. The number of nitrogens with zero attached hydrogens (tertiary/aromatic N) is 2. The maximum atomic E-state index is 12.3. The molecule has 0 aliphatic heterocycles. The number of amides is 2. The lowest BCUT2D eigenvalue weighted by molar-refractivity contribution is -0.121. The summed E-state index contributed by atoms with van der Waals surface area (Å²) in [7, 11) is 0. The van der Waals surface area contributed by atoms with E-state index in [2.05, 4.69) is 15.5 Å². The Morgan fingerprint density at radius 2 is 1.91 bits per heavy atom. The third kappa shape index (κ3) is 6.68. The quantitative estimate of drug-likeness (QED) is 0.562. The molecular weight excluding hydrogens is 352 g/mol. The molecule has 2 amide bonds. The molecule has 1 aliphatic rings. The van der Waals surface area contributed by atoms with Crippen molar-refractivity contribution in [3.8, 4) is 0 Å². The summed E-state index contributed by atoms with van der Waals surface area (Å²) in [5.41, 5.74) is 5.11. The van der Waals surface area contributed by atoms with Gasteiger partial charge in [0.2, 0.25) is 11.8 Å². The number of hydrogen-bond donors (Lipinski definition) is 2. The first-order chi connectivity index (χ1) is 11.0. The number of nitrogens with one attached hydrogen (secondary N) is 1.